The summed E-state index contributed by atoms with van der Waals surface area (Å²) in [7, 11) is 4.29. The van der Waals surface area contributed by atoms with Crippen molar-refractivity contribution in [1.29, 1.82) is 0 Å². The van der Waals surface area contributed by atoms with Crippen LogP contribution in [-0.4, -0.2) is 61.2 Å². The third-order valence-corrected chi connectivity index (χ3v) is 4.01. The molecule has 1 saturated heterocycles. The molecule has 1 N–H and O–H groups in total. The molecule has 16 heavy (non-hydrogen) atoms. The quantitative estimate of drug-likeness (QED) is 0.783. The molecule has 0 aromatic carbocycles. The average molecular weight is 227 g/mol. The highest BCUT2D eigenvalue weighted by atomic mass is 15.3. The molecule has 3 nitrogen and oxygen atoms in total. The molecule has 0 aromatic rings. The summed E-state index contributed by atoms with van der Waals surface area (Å²) in [6.07, 6.45) is 1.24. The SMILES string of the molecule is CCC(C)N1CC(CNC)N(C)CC1(C)C. The molecule has 0 amide bonds. The van der Waals surface area contributed by atoms with E-state index in [1.165, 1.54) is 13.0 Å². The minimum absolute atomic E-state index is 0.300. The standard InChI is InChI=1S/C13H29N3/c1-7-11(2)16-9-12(8-14-5)15(6)10-13(16,3)4/h11-12,14H,7-10H2,1-6H3. The van der Waals surface area contributed by atoms with Crippen molar-refractivity contribution in [2.45, 2.75) is 51.7 Å². The van der Waals surface area contributed by atoms with Crippen LogP contribution in [0.25, 0.3) is 0 Å². The minimum atomic E-state index is 0.300. The van der Waals surface area contributed by atoms with Crippen molar-refractivity contribution in [3.63, 3.8) is 0 Å². The molecule has 0 aliphatic carbocycles. The van der Waals surface area contributed by atoms with Crippen LogP contribution >= 0.6 is 0 Å². The lowest BCUT2D eigenvalue weighted by atomic mass is 9.93. The highest BCUT2D eigenvalue weighted by molar-refractivity contribution is 4.96. The van der Waals surface area contributed by atoms with Crippen LogP contribution in [0.3, 0.4) is 0 Å². The monoisotopic (exact) mass is 227 g/mol. The highest BCUT2D eigenvalue weighted by Crippen LogP contribution is 2.26. The Hall–Kier alpha value is -0.120. The third kappa shape index (κ3) is 2.96. The Morgan fingerprint density at radius 1 is 1.44 bits per heavy atom. The van der Waals surface area contributed by atoms with Crippen LogP contribution in [0, 0.1) is 0 Å². The Morgan fingerprint density at radius 2 is 2.06 bits per heavy atom. The summed E-state index contributed by atoms with van der Waals surface area (Å²) < 4.78 is 0. The van der Waals surface area contributed by atoms with Gasteiger partial charge in [-0.1, -0.05) is 6.92 Å². The van der Waals surface area contributed by atoms with Gasteiger partial charge in [-0.05, 0) is 41.3 Å². The van der Waals surface area contributed by atoms with E-state index in [-0.39, 0.29) is 0 Å². The van der Waals surface area contributed by atoms with Crippen molar-refractivity contribution in [2.75, 3.05) is 33.7 Å². The van der Waals surface area contributed by atoms with Gasteiger partial charge in [0, 0.05) is 37.3 Å². The molecule has 2 unspecified atom stereocenters. The maximum atomic E-state index is 3.30. The molecule has 1 rings (SSSR count). The fraction of sp³-hybridized carbons (Fsp3) is 1.00. The van der Waals surface area contributed by atoms with Gasteiger partial charge in [0.2, 0.25) is 0 Å². The van der Waals surface area contributed by atoms with E-state index in [1.54, 1.807) is 0 Å². The van der Waals surface area contributed by atoms with E-state index in [4.69, 9.17) is 0 Å². The molecule has 0 bridgehead atoms. The van der Waals surface area contributed by atoms with Gasteiger partial charge in [-0.15, -0.1) is 0 Å². The molecule has 1 aliphatic rings. The maximum Gasteiger partial charge on any atom is 0.0345 e. The molecule has 3 heteroatoms. The van der Waals surface area contributed by atoms with E-state index in [1.807, 2.05) is 7.05 Å². The Kier molecular flexibility index (Phi) is 4.77. The largest absolute Gasteiger partial charge is 0.318 e. The first-order chi connectivity index (χ1) is 7.42. The maximum absolute atomic E-state index is 3.30. The summed E-state index contributed by atoms with van der Waals surface area (Å²) in [5.74, 6) is 0. The van der Waals surface area contributed by atoms with E-state index in [9.17, 15) is 0 Å². The Balaban J connectivity index is 2.73. The molecular weight excluding hydrogens is 198 g/mol. The fourth-order valence-electron chi connectivity index (χ4n) is 2.90. The topological polar surface area (TPSA) is 18.5 Å². The van der Waals surface area contributed by atoms with Gasteiger partial charge in [-0.25, -0.2) is 0 Å². The summed E-state index contributed by atoms with van der Waals surface area (Å²) in [5.41, 5.74) is 0.300. The van der Waals surface area contributed by atoms with Gasteiger partial charge >= 0.3 is 0 Å². The molecule has 0 spiro atoms. The molecule has 0 saturated carbocycles. The predicted octanol–water partition coefficient (Wildman–Crippen LogP) is 1.40. The Morgan fingerprint density at radius 3 is 2.56 bits per heavy atom. The summed E-state index contributed by atoms with van der Waals surface area (Å²) >= 11 is 0. The van der Waals surface area contributed by atoms with E-state index in [0.717, 1.165) is 13.1 Å². The first-order valence-electron chi connectivity index (χ1n) is 6.54. The van der Waals surface area contributed by atoms with Gasteiger partial charge in [0.05, 0.1) is 0 Å². The van der Waals surface area contributed by atoms with Crippen LogP contribution in [0.1, 0.15) is 34.1 Å². The molecule has 1 heterocycles. The van der Waals surface area contributed by atoms with Gasteiger partial charge in [-0.3, -0.25) is 9.80 Å². The Labute approximate surface area is 101 Å². The van der Waals surface area contributed by atoms with E-state index in [2.05, 4.69) is 49.9 Å². The second kappa shape index (κ2) is 5.48. The molecule has 1 fully saturated rings. The Bertz CT molecular complexity index is 215. The zero-order valence-electron chi connectivity index (χ0n) is 11.9. The van der Waals surface area contributed by atoms with Gasteiger partial charge in [-0.2, -0.15) is 0 Å². The number of likely N-dealkylation sites (N-methyl/N-ethyl adjacent to an activating group) is 2. The number of nitrogens with zero attached hydrogens (tertiary/aromatic N) is 2. The van der Waals surface area contributed by atoms with Crippen molar-refractivity contribution in [3.05, 3.63) is 0 Å². The molecule has 2 atom stereocenters. The van der Waals surface area contributed by atoms with Crippen LogP contribution in [0.2, 0.25) is 0 Å². The highest BCUT2D eigenvalue weighted by Gasteiger charge is 2.38. The van der Waals surface area contributed by atoms with Crippen LogP contribution < -0.4 is 5.32 Å². The zero-order chi connectivity index (χ0) is 12.3. The second-order valence-corrected chi connectivity index (χ2v) is 5.85. The van der Waals surface area contributed by atoms with Gasteiger partial charge in [0.15, 0.2) is 0 Å². The van der Waals surface area contributed by atoms with E-state index >= 15 is 0 Å². The lowest BCUT2D eigenvalue weighted by Crippen LogP contribution is -2.65. The fourth-order valence-corrected chi connectivity index (χ4v) is 2.90. The van der Waals surface area contributed by atoms with Gasteiger partial charge < -0.3 is 5.32 Å². The van der Waals surface area contributed by atoms with Crippen LogP contribution in [-0.2, 0) is 0 Å². The molecule has 96 valence electrons. The average Bonchev–Trinajstić information content (AvgIpc) is 2.20. The van der Waals surface area contributed by atoms with Crippen LogP contribution in [0.5, 0.6) is 0 Å². The number of piperazine rings is 1. The summed E-state index contributed by atoms with van der Waals surface area (Å²) in [4.78, 5) is 5.17. The van der Waals surface area contributed by atoms with Crippen molar-refractivity contribution >= 4 is 0 Å². The van der Waals surface area contributed by atoms with Crippen molar-refractivity contribution in [1.82, 2.24) is 15.1 Å². The van der Waals surface area contributed by atoms with E-state index in [0.29, 0.717) is 17.6 Å². The minimum Gasteiger partial charge on any atom is -0.318 e. The summed E-state index contributed by atoms with van der Waals surface area (Å²) in [6.45, 7) is 12.8. The smallest absolute Gasteiger partial charge is 0.0345 e. The van der Waals surface area contributed by atoms with Crippen molar-refractivity contribution in [2.24, 2.45) is 0 Å². The predicted molar refractivity (Wildman–Crippen MR) is 70.9 cm³/mol. The number of rotatable bonds is 4. The van der Waals surface area contributed by atoms with Crippen molar-refractivity contribution < 1.29 is 0 Å². The summed E-state index contributed by atoms with van der Waals surface area (Å²) in [5, 5.41) is 3.30. The van der Waals surface area contributed by atoms with Gasteiger partial charge in [0.25, 0.3) is 0 Å². The van der Waals surface area contributed by atoms with Crippen molar-refractivity contribution in [3.8, 4) is 0 Å². The molecular formula is C13H29N3. The lowest BCUT2D eigenvalue weighted by molar-refractivity contribution is -0.0283. The van der Waals surface area contributed by atoms with E-state index < -0.39 is 0 Å². The van der Waals surface area contributed by atoms with Gasteiger partial charge in [0.1, 0.15) is 0 Å². The number of nitrogens with one attached hydrogen (secondary N) is 1. The van der Waals surface area contributed by atoms with Crippen LogP contribution in [0.4, 0.5) is 0 Å². The molecule has 1 aliphatic heterocycles. The number of hydrogen-bond acceptors (Lipinski definition) is 3. The molecule has 0 radical (unpaired) electrons. The zero-order valence-corrected chi connectivity index (χ0v) is 11.9. The first-order valence-corrected chi connectivity index (χ1v) is 6.54. The second-order valence-electron chi connectivity index (χ2n) is 5.85. The summed E-state index contributed by atoms with van der Waals surface area (Å²) in [6, 6.07) is 1.33. The molecule has 0 aromatic heterocycles. The lowest BCUT2D eigenvalue weighted by Gasteiger charge is -2.52. The normalized spacial score (nSPS) is 29.2. The third-order valence-electron chi connectivity index (χ3n) is 4.01. The first kappa shape index (κ1) is 13.9. The number of hydrogen-bond donors (Lipinski definition) is 1. The van der Waals surface area contributed by atoms with Crippen LogP contribution in [0.15, 0.2) is 0 Å².